The zero-order chi connectivity index (χ0) is 9.97. The Morgan fingerprint density at radius 2 is 2.21 bits per heavy atom. The van der Waals surface area contributed by atoms with Crippen LogP contribution in [-0.4, -0.2) is 35.7 Å². The second-order valence-electron chi connectivity index (χ2n) is 3.23. The fourth-order valence-corrected chi connectivity index (χ4v) is 2.01. The molecule has 1 aliphatic heterocycles. The lowest BCUT2D eigenvalue weighted by Gasteiger charge is -2.27. The lowest BCUT2D eigenvalue weighted by atomic mass is 10.3. The molecule has 2 rings (SSSR count). The quantitative estimate of drug-likeness (QED) is 0.758. The molecule has 1 fully saturated rings. The van der Waals surface area contributed by atoms with E-state index in [-0.39, 0.29) is 0 Å². The zero-order valence-corrected chi connectivity index (χ0v) is 8.93. The summed E-state index contributed by atoms with van der Waals surface area (Å²) in [7, 11) is 0. The second kappa shape index (κ2) is 4.12. The molecule has 0 aliphatic carbocycles. The lowest BCUT2D eigenvalue weighted by Crippen LogP contribution is -2.40. The Kier molecular flexibility index (Phi) is 2.85. The van der Waals surface area contributed by atoms with Gasteiger partial charge in [-0.25, -0.2) is 5.01 Å². The number of hydrazine groups is 1. The van der Waals surface area contributed by atoms with Crippen LogP contribution in [0, 0.1) is 6.92 Å². The van der Waals surface area contributed by atoms with Gasteiger partial charge in [0.1, 0.15) is 10.8 Å². The van der Waals surface area contributed by atoms with Gasteiger partial charge in [-0.1, -0.05) is 0 Å². The van der Waals surface area contributed by atoms with Crippen LogP contribution in [0.2, 0.25) is 0 Å². The van der Waals surface area contributed by atoms with E-state index < -0.39 is 0 Å². The number of morpholine rings is 1. The number of hydrogen-bond donors (Lipinski definition) is 2. The topological polar surface area (TPSA) is 63.4 Å². The molecule has 2 heterocycles. The SMILES string of the molecule is Cc1c(N)nsc1NN1CCOCC1. The minimum absolute atomic E-state index is 0.616. The van der Waals surface area contributed by atoms with E-state index in [4.69, 9.17) is 10.5 Å². The number of hydrogen-bond acceptors (Lipinski definition) is 6. The van der Waals surface area contributed by atoms with Gasteiger partial charge in [0.05, 0.1) is 13.2 Å². The highest BCUT2D eigenvalue weighted by Crippen LogP contribution is 2.25. The molecule has 1 aliphatic rings. The number of aromatic nitrogens is 1. The van der Waals surface area contributed by atoms with Crippen LogP contribution in [0.1, 0.15) is 5.56 Å². The second-order valence-corrected chi connectivity index (χ2v) is 4.01. The van der Waals surface area contributed by atoms with Gasteiger partial charge in [0, 0.05) is 18.7 Å². The van der Waals surface area contributed by atoms with Gasteiger partial charge >= 0.3 is 0 Å². The molecule has 0 radical (unpaired) electrons. The van der Waals surface area contributed by atoms with E-state index in [9.17, 15) is 0 Å². The van der Waals surface area contributed by atoms with Gasteiger partial charge < -0.3 is 15.9 Å². The van der Waals surface area contributed by atoms with E-state index in [0.29, 0.717) is 5.82 Å². The first-order valence-corrected chi connectivity index (χ1v) is 5.36. The van der Waals surface area contributed by atoms with E-state index in [1.807, 2.05) is 6.92 Å². The highest BCUT2D eigenvalue weighted by atomic mass is 32.1. The molecule has 0 amide bonds. The minimum atomic E-state index is 0.616. The summed E-state index contributed by atoms with van der Waals surface area (Å²) < 4.78 is 9.33. The average molecular weight is 214 g/mol. The molecule has 1 aromatic heterocycles. The van der Waals surface area contributed by atoms with Crippen LogP contribution in [0.15, 0.2) is 0 Å². The predicted molar refractivity (Wildman–Crippen MR) is 57.3 cm³/mol. The summed E-state index contributed by atoms with van der Waals surface area (Å²) in [5.41, 5.74) is 9.99. The fraction of sp³-hybridized carbons (Fsp3) is 0.625. The van der Waals surface area contributed by atoms with Crippen LogP contribution in [0.25, 0.3) is 0 Å². The molecule has 5 nitrogen and oxygen atoms in total. The molecule has 0 atom stereocenters. The standard InChI is InChI=1S/C8H14N4OS/c1-6-7(9)11-14-8(6)10-12-2-4-13-5-3-12/h10H,2-5H2,1H3,(H2,9,11). The molecule has 78 valence electrons. The predicted octanol–water partition coefficient (Wildman–Crippen LogP) is 0.693. The van der Waals surface area contributed by atoms with Gasteiger partial charge in [-0.05, 0) is 18.5 Å². The molecule has 1 aromatic rings. The van der Waals surface area contributed by atoms with Crippen LogP contribution < -0.4 is 11.2 Å². The van der Waals surface area contributed by atoms with Crippen LogP contribution in [-0.2, 0) is 4.74 Å². The Hall–Kier alpha value is -0.850. The smallest absolute Gasteiger partial charge is 0.142 e. The average Bonchev–Trinajstić information content (AvgIpc) is 2.52. The van der Waals surface area contributed by atoms with E-state index in [2.05, 4.69) is 14.8 Å². The van der Waals surface area contributed by atoms with Gasteiger partial charge in [0.2, 0.25) is 0 Å². The van der Waals surface area contributed by atoms with Crippen LogP contribution in [0.3, 0.4) is 0 Å². The zero-order valence-electron chi connectivity index (χ0n) is 8.12. The van der Waals surface area contributed by atoms with Crippen molar-refractivity contribution in [2.24, 2.45) is 0 Å². The number of nitrogens with one attached hydrogen (secondary N) is 1. The molecule has 0 unspecified atom stereocenters. The Balaban J connectivity index is 1.99. The largest absolute Gasteiger partial charge is 0.383 e. The van der Waals surface area contributed by atoms with Crippen LogP contribution in [0.4, 0.5) is 10.8 Å². The molecule has 14 heavy (non-hydrogen) atoms. The lowest BCUT2D eigenvalue weighted by molar-refractivity contribution is 0.0498. The van der Waals surface area contributed by atoms with Crippen molar-refractivity contribution < 1.29 is 4.74 Å². The van der Waals surface area contributed by atoms with Gasteiger partial charge in [-0.15, -0.1) is 0 Å². The molecule has 6 heteroatoms. The Morgan fingerprint density at radius 3 is 2.79 bits per heavy atom. The van der Waals surface area contributed by atoms with Gasteiger partial charge in [0.25, 0.3) is 0 Å². The Morgan fingerprint density at radius 1 is 1.50 bits per heavy atom. The third-order valence-electron chi connectivity index (χ3n) is 2.23. The summed E-state index contributed by atoms with van der Waals surface area (Å²) in [5, 5.41) is 3.16. The highest BCUT2D eigenvalue weighted by molar-refractivity contribution is 7.10. The molecule has 0 spiro atoms. The maximum absolute atomic E-state index is 5.66. The van der Waals surface area contributed by atoms with Gasteiger partial charge in [-0.2, -0.15) is 4.37 Å². The molecule has 0 bridgehead atoms. The Labute approximate surface area is 87.0 Å². The van der Waals surface area contributed by atoms with Crippen LogP contribution in [0.5, 0.6) is 0 Å². The van der Waals surface area contributed by atoms with Crippen molar-refractivity contribution in [2.75, 3.05) is 37.5 Å². The fourth-order valence-electron chi connectivity index (χ4n) is 1.27. The minimum Gasteiger partial charge on any atom is -0.383 e. The van der Waals surface area contributed by atoms with Crippen molar-refractivity contribution in [3.05, 3.63) is 5.56 Å². The van der Waals surface area contributed by atoms with Crippen molar-refractivity contribution in [3.63, 3.8) is 0 Å². The number of ether oxygens (including phenoxy) is 1. The summed E-state index contributed by atoms with van der Waals surface area (Å²) >= 11 is 1.40. The maximum atomic E-state index is 5.66. The molecule has 0 saturated carbocycles. The number of nitrogens with zero attached hydrogens (tertiary/aromatic N) is 2. The molecular formula is C8H14N4OS. The molecule has 0 aromatic carbocycles. The first-order chi connectivity index (χ1) is 6.77. The maximum Gasteiger partial charge on any atom is 0.142 e. The molecule has 1 saturated heterocycles. The monoisotopic (exact) mass is 214 g/mol. The molecular weight excluding hydrogens is 200 g/mol. The van der Waals surface area contributed by atoms with Crippen LogP contribution >= 0.6 is 11.5 Å². The number of nitrogen functional groups attached to an aromatic ring is 1. The number of rotatable bonds is 2. The third-order valence-corrected chi connectivity index (χ3v) is 3.10. The van der Waals surface area contributed by atoms with Gasteiger partial charge in [-0.3, -0.25) is 0 Å². The summed E-state index contributed by atoms with van der Waals surface area (Å²) in [5.74, 6) is 0.616. The molecule has 3 N–H and O–H groups in total. The highest BCUT2D eigenvalue weighted by Gasteiger charge is 2.13. The van der Waals surface area contributed by atoms with E-state index >= 15 is 0 Å². The summed E-state index contributed by atoms with van der Waals surface area (Å²) in [4.78, 5) is 0. The van der Waals surface area contributed by atoms with E-state index in [0.717, 1.165) is 36.9 Å². The van der Waals surface area contributed by atoms with Crippen molar-refractivity contribution in [2.45, 2.75) is 6.92 Å². The van der Waals surface area contributed by atoms with Crippen molar-refractivity contribution >= 4 is 22.4 Å². The number of nitrogens with two attached hydrogens (primary N) is 1. The van der Waals surface area contributed by atoms with Crippen molar-refractivity contribution in [1.29, 1.82) is 0 Å². The summed E-state index contributed by atoms with van der Waals surface area (Å²) in [6, 6.07) is 0. The Bertz CT molecular complexity index is 308. The van der Waals surface area contributed by atoms with Gasteiger partial charge in [0.15, 0.2) is 0 Å². The summed E-state index contributed by atoms with van der Waals surface area (Å²) in [6.07, 6.45) is 0. The summed E-state index contributed by atoms with van der Waals surface area (Å²) in [6.45, 7) is 5.33. The van der Waals surface area contributed by atoms with Crippen molar-refractivity contribution in [3.8, 4) is 0 Å². The normalized spacial score (nSPS) is 18.4. The first kappa shape index (κ1) is 9.70. The van der Waals surface area contributed by atoms with Crippen molar-refractivity contribution in [1.82, 2.24) is 9.38 Å². The third kappa shape index (κ3) is 1.97. The first-order valence-electron chi connectivity index (χ1n) is 4.58. The number of anilines is 2. The van der Waals surface area contributed by atoms with E-state index in [1.165, 1.54) is 11.5 Å². The van der Waals surface area contributed by atoms with E-state index in [1.54, 1.807) is 0 Å².